The first-order valence-corrected chi connectivity index (χ1v) is 8.93. The molecule has 0 unspecified atom stereocenters. The van der Waals surface area contributed by atoms with E-state index in [-0.39, 0.29) is 23.3 Å². The van der Waals surface area contributed by atoms with E-state index in [4.69, 9.17) is 0 Å². The summed E-state index contributed by atoms with van der Waals surface area (Å²) in [5.41, 5.74) is -0.375. The Morgan fingerprint density at radius 3 is 2.52 bits per heavy atom. The number of aliphatic hydroxyl groups is 1. The van der Waals surface area contributed by atoms with Crippen LogP contribution in [0.5, 0.6) is 0 Å². The normalized spacial score (nSPS) is 23.8. The highest BCUT2D eigenvalue weighted by Crippen LogP contribution is 2.34. The zero-order valence-corrected chi connectivity index (χ0v) is 15.2. The first kappa shape index (κ1) is 17.9. The Morgan fingerprint density at radius 1 is 1.32 bits per heavy atom. The van der Waals surface area contributed by atoms with Crippen molar-refractivity contribution in [2.45, 2.75) is 51.2 Å². The Labute approximate surface area is 148 Å². The van der Waals surface area contributed by atoms with Crippen molar-refractivity contribution in [3.05, 3.63) is 30.1 Å². The third-order valence-electron chi connectivity index (χ3n) is 5.39. The molecule has 0 aliphatic carbocycles. The molecule has 0 aromatic carbocycles. The molecular weight excluding hydrogens is 318 g/mol. The van der Waals surface area contributed by atoms with E-state index >= 15 is 0 Å². The second-order valence-electron chi connectivity index (χ2n) is 8.17. The van der Waals surface area contributed by atoms with Gasteiger partial charge >= 0.3 is 0 Å². The fourth-order valence-corrected chi connectivity index (χ4v) is 3.80. The maximum Gasteiger partial charge on any atom is 0.227 e. The molecule has 3 rings (SSSR count). The van der Waals surface area contributed by atoms with Gasteiger partial charge in [0.25, 0.3) is 0 Å². The van der Waals surface area contributed by atoms with Gasteiger partial charge in [0, 0.05) is 49.6 Å². The largest absolute Gasteiger partial charge is 0.385 e. The fraction of sp³-hybridized carbons (Fsp3) is 0.632. The molecule has 6 heteroatoms. The number of aromatic nitrogens is 1. The summed E-state index contributed by atoms with van der Waals surface area (Å²) >= 11 is 0. The van der Waals surface area contributed by atoms with Crippen LogP contribution in [0, 0.1) is 5.92 Å². The zero-order valence-electron chi connectivity index (χ0n) is 15.2. The maximum atomic E-state index is 12.8. The zero-order chi connectivity index (χ0) is 18.2. The van der Waals surface area contributed by atoms with E-state index < -0.39 is 5.60 Å². The highest BCUT2D eigenvalue weighted by atomic mass is 16.3. The van der Waals surface area contributed by atoms with E-state index in [0.29, 0.717) is 38.9 Å². The highest BCUT2D eigenvalue weighted by molar-refractivity contribution is 5.89. The van der Waals surface area contributed by atoms with Gasteiger partial charge in [0.2, 0.25) is 11.8 Å². The van der Waals surface area contributed by atoms with Crippen LogP contribution in [0.3, 0.4) is 0 Å². The Balaban J connectivity index is 1.62. The average Bonchev–Trinajstić information content (AvgIpc) is 2.98. The summed E-state index contributed by atoms with van der Waals surface area (Å²) in [5, 5.41) is 10.9. The lowest BCUT2D eigenvalue weighted by Crippen LogP contribution is -2.48. The summed E-state index contributed by atoms with van der Waals surface area (Å²) in [4.78, 5) is 32.7. The first-order chi connectivity index (χ1) is 11.7. The molecule has 0 radical (unpaired) electrons. The minimum atomic E-state index is -0.923. The molecular formula is C19H27N3O3. The molecule has 1 aromatic heterocycles. The number of rotatable bonds is 2. The number of hydrogen-bond acceptors (Lipinski definition) is 4. The van der Waals surface area contributed by atoms with Crippen LogP contribution in [0.25, 0.3) is 0 Å². The number of pyridine rings is 1. The minimum Gasteiger partial charge on any atom is -0.385 e. The number of likely N-dealkylation sites (tertiary alicyclic amines) is 2. The van der Waals surface area contributed by atoms with Crippen LogP contribution in [0.1, 0.15) is 45.6 Å². The molecule has 0 spiro atoms. The van der Waals surface area contributed by atoms with Crippen LogP contribution in [0.4, 0.5) is 0 Å². The Morgan fingerprint density at radius 2 is 2.00 bits per heavy atom. The van der Waals surface area contributed by atoms with Crippen LogP contribution >= 0.6 is 0 Å². The molecule has 2 amide bonds. The van der Waals surface area contributed by atoms with Gasteiger partial charge in [-0.2, -0.15) is 0 Å². The van der Waals surface area contributed by atoms with E-state index in [1.807, 2.05) is 32.9 Å². The van der Waals surface area contributed by atoms with Crippen molar-refractivity contribution in [2.75, 3.05) is 19.6 Å². The SMILES string of the molecule is CC(C)(C)N1C[C@@H](C(=O)N2CCC(O)(c3cccnc3)CC2)CC1=O. The third-order valence-corrected chi connectivity index (χ3v) is 5.39. The summed E-state index contributed by atoms with van der Waals surface area (Å²) in [6, 6.07) is 3.69. The molecule has 136 valence electrons. The Bertz CT molecular complexity index is 646. The standard InChI is InChI=1S/C19H27N3O3/c1-18(2,3)22-13-14(11-16(22)23)17(24)21-9-6-19(25,7-10-21)15-5-4-8-20-12-15/h4-5,8,12,14,25H,6-7,9-11,13H2,1-3H3/t14-/m0/s1. The molecule has 2 aliphatic rings. The number of piperidine rings is 1. The van der Waals surface area contributed by atoms with Gasteiger partial charge in [0.15, 0.2) is 0 Å². The Kier molecular flexibility index (Phi) is 4.58. The van der Waals surface area contributed by atoms with Gasteiger partial charge in [-0.25, -0.2) is 0 Å². The van der Waals surface area contributed by atoms with Crippen molar-refractivity contribution in [3.63, 3.8) is 0 Å². The minimum absolute atomic E-state index is 0.0355. The van der Waals surface area contributed by atoms with Crippen molar-refractivity contribution >= 4 is 11.8 Å². The first-order valence-electron chi connectivity index (χ1n) is 8.93. The Hall–Kier alpha value is -1.95. The quantitative estimate of drug-likeness (QED) is 0.882. The third kappa shape index (κ3) is 3.54. The molecule has 25 heavy (non-hydrogen) atoms. The highest BCUT2D eigenvalue weighted by Gasteiger charge is 2.43. The molecule has 2 fully saturated rings. The number of nitrogens with zero attached hydrogens (tertiary/aromatic N) is 3. The fourth-order valence-electron chi connectivity index (χ4n) is 3.80. The van der Waals surface area contributed by atoms with E-state index in [0.717, 1.165) is 5.56 Å². The number of carbonyl (C=O) groups excluding carboxylic acids is 2. The van der Waals surface area contributed by atoms with E-state index in [1.165, 1.54) is 0 Å². The van der Waals surface area contributed by atoms with Crippen LogP contribution in [-0.2, 0) is 15.2 Å². The van der Waals surface area contributed by atoms with Crippen molar-refractivity contribution in [2.24, 2.45) is 5.92 Å². The predicted molar refractivity (Wildman–Crippen MR) is 93.5 cm³/mol. The summed E-state index contributed by atoms with van der Waals surface area (Å²) in [6.07, 6.45) is 4.65. The summed E-state index contributed by atoms with van der Waals surface area (Å²) in [7, 11) is 0. The van der Waals surface area contributed by atoms with Crippen LogP contribution in [0.2, 0.25) is 0 Å². The molecule has 2 saturated heterocycles. The molecule has 1 N–H and O–H groups in total. The van der Waals surface area contributed by atoms with Gasteiger partial charge in [-0.3, -0.25) is 14.6 Å². The number of amides is 2. The van der Waals surface area contributed by atoms with Gasteiger partial charge in [-0.15, -0.1) is 0 Å². The van der Waals surface area contributed by atoms with Crippen molar-refractivity contribution in [3.8, 4) is 0 Å². The summed E-state index contributed by atoms with van der Waals surface area (Å²) < 4.78 is 0. The van der Waals surface area contributed by atoms with E-state index in [1.54, 1.807) is 22.2 Å². The summed E-state index contributed by atoms with van der Waals surface area (Å²) in [6.45, 7) is 7.48. The van der Waals surface area contributed by atoms with E-state index in [9.17, 15) is 14.7 Å². The van der Waals surface area contributed by atoms with Crippen molar-refractivity contribution < 1.29 is 14.7 Å². The van der Waals surface area contributed by atoms with Crippen LogP contribution < -0.4 is 0 Å². The van der Waals surface area contributed by atoms with Crippen molar-refractivity contribution in [1.29, 1.82) is 0 Å². The summed E-state index contributed by atoms with van der Waals surface area (Å²) in [5.74, 6) is -0.181. The van der Waals surface area contributed by atoms with Gasteiger partial charge < -0.3 is 14.9 Å². The molecule has 2 aliphatic heterocycles. The lowest BCUT2D eigenvalue weighted by molar-refractivity contribution is -0.140. The van der Waals surface area contributed by atoms with Crippen LogP contribution in [-0.4, -0.2) is 56.9 Å². The van der Waals surface area contributed by atoms with Gasteiger partial charge in [0.1, 0.15) is 0 Å². The molecule has 1 atom stereocenters. The second kappa shape index (κ2) is 6.41. The average molecular weight is 345 g/mol. The molecule has 0 bridgehead atoms. The molecule has 3 heterocycles. The number of hydrogen-bond donors (Lipinski definition) is 1. The van der Waals surface area contributed by atoms with E-state index in [2.05, 4.69) is 4.98 Å². The lowest BCUT2D eigenvalue weighted by Gasteiger charge is -2.39. The second-order valence-corrected chi connectivity index (χ2v) is 8.17. The molecule has 6 nitrogen and oxygen atoms in total. The topological polar surface area (TPSA) is 73.7 Å². The van der Waals surface area contributed by atoms with Gasteiger partial charge in [-0.1, -0.05) is 6.07 Å². The van der Waals surface area contributed by atoms with Gasteiger partial charge in [-0.05, 0) is 39.7 Å². The predicted octanol–water partition coefficient (Wildman–Crippen LogP) is 1.54. The lowest BCUT2D eigenvalue weighted by atomic mass is 9.85. The van der Waals surface area contributed by atoms with Crippen LogP contribution in [0.15, 0.2) is 24.5 Å². The van der Waals surface area contributed by atoms with Gasteiger partial charge in [0.05, 0.1) is 11.5 Å². The van der Waals surface area contributed by atoms with Crippen molar-refractivity contribution in [1.82, 2.24) is 14.8 Å². The smallest absolute Gasteiger partial charge is 0.227 e. The monoisotopic (exact) mass is 345 g/mol. The molecule has 1 aromatic rings. The maximum absolute atomic E-state index is 12.8. The molecule has 0 saturated carbocycles. The number of carbonyl (C=O) groups is 2.